The van der Waals surface area contributed by atoms with Gasteiger partial charge in [-0.1, -0.05) is 0 Å². The Morgan fingerprint density at radius 1 is 1.25 bits per heavy atom. The van der Waals surface area contributed by atoms with Crippen LogP contribution in [0.25, 0.3) is 0 Å². The standard InChI is InChI=1S/C6H9F3O3/c7-2-4-12-6(10)11-3-1-5(8)9/h5H,1-4H2. The zero-order valence-corrected chi connectivity index (χ0v) is 6.26. The molecule has 0 heterocycles. The molecule has 0 aromatic heterocycles. The van der Waals surface area contributed by atoms with Crippen LogP contribution >= 0.6 is 0 Å². The fraction of sp³-hybridized carbons (Fsp3) is 0.833. The molecule has 0 radical (unpaired) electrons. The molecule has 0 aliphatic heterocycles. The van der Waals surface area contributed by atoms with Crippen LogP contribution in [0.4, 0.5) is 18.0 Å². The van der Waals surface area contributed by atoms with Gasteiger partial charge in [0.2, 0.25) is 6.43 Å². The lowest BCUT2D eigenvalue weighted by Crippen LogP contribution is -2.11. The average Bonchev–Trinajstić information content (AvgIpc) is 2.00. The van der Waals surface area contributed by atoms with Gasteiger partial charge in [0, 0.05) is 6.42 Å². The van der Waals surface area contributed by atoms with Crippen molar-refractivity contribution < 1.29 is 27.4 Å². The van der Waals surface area contributed by atoms with Crippen LogP contribution in [-0.4, -0.2) is 32.5 Å². The molecule has 6 heteroatoms. The summed E-state index contributed by atoms with van der Waals surface area (Å²) in [6.07, 6.45) is -4.17. The smallest absolute Gasteiger partial charge is 0.434 e. The number of alkyl halides is 3. The average molecular weight is 186 g/mol. The highest BCUT2D eigenvalue weighted by Gasteiger charge is 2.06. The summed E-state index contributed by atoms with van der Waals surface area (Å²) in [4.78, 5) is 10.3. The molecule has 72 valence electrons. The zero-order valence-electron chi connectivity index (χ0n) is 6.26. The molecule has 0 aliphatic carbocycles. The molecule has 0 aromatic carbocycles. The largest absolute Gasteiger partial charge is 0.508 e. The summed E-state index contributed by atoms with van der Waals surface area (Å²) < 4.78 is 42.5. The quantitative estimate of drug-likeness (QED) is 0.613. The normalized spacial score (nSPS) is 10.0. The van der Waals surface area contributed by atoms with Crippen molar-refractivity contribution in [2.75, 3.05) is 19.9 Å². The summed E-state index contributed by atoms with van der Waals surface area (Å²) in [5, 5.41) is 0. The molecule has 0 N–H and O–H groups in total. The third-order valence-electron chi connectivity index (χ3n) is 0.853. The minimum absolute atomic E-state index is 0.409. The van der Waals surface area contributed by atoms with E-state index in [1.807, 2.05) is 0 Å². The number of carbonyl (C=O) groups is 1. The van der Waals surface area contributed by atoms with Crippen molar-refractivity contribution in [1.29, 1.82) is 0 Å². The maximum absolute atomic E-state index is 11.4. The molecule has 0 fully saturated rings. The summed E-state index contributed by atoms with van der Waals surface area (Å²) in [5.41, 5.74) is 0. The van der Waals surface area contributed by atoms with E-state index in [2.05, 4.69) is 9.47 Å². The van der Waals surface area contributed by atoms with Crippen molar-refractivity contribution in [1.82, 2.24) is 0 Å². The molecule has 0 atom stereocenters. The predicted octanol–water partition coefficient (Wildman–Crippen LogP) is 1.76. The number of rotatable bonds is 5. The van der Waals surface area contributed by atoms with Gasteiger partial charge in [-0.2, -0.15) is 0 Å². The Bertz CT molecular complexity index is 129. The summed E-state index contributed by atoms with van der Waals surface area (Å²) in [6.45, 7) is -1.64. The Kier molecular flexibility index (Phi) is 6.22. The molecule has 0 spiro atoms. The Balaban J connectivity index is 3.20. The molecular formula is C6H9F3O3. The number of hydrogen-bond acceptors (Lipinski definition) is 3. The lowest BCUT2D eigenvalue weighted by atomic mass is 10.5. The number of carbonyl (C=O) groups excluding carboxylic acids is 1. The Morgan fingerprint density at radius 3 is 2.33 bits per heavy atom. The van der Waals surface area contributed by atoms with Gasteiger partial charge in [0.1, 0.15) is 19.9 Å². The molecule has 0 bridgehead atoms. The molecule has 0 saturated carbocycles. The van der Waals surface area contributed by atoms with E-state index >= 15 is 0 Å². The minimum Gasteiger partial charge on any atom is -0.434 e. The number of ether oxygens (including phenoxy) is 2. The van der Waals surface area contributed by atoms with Gasteiger partial charge in [0.25, 0.3) is 0 Å². The highest BCUT2D eigenvalue weighted by atomic mass is 19.3. The SMILES string of the molecule is O=C(OCCF)OCCC(F)F. The minimum atomic E-state index is -2.51. The van der Waals surface area contributed by atoms with Gasteiger partial charge in [0.15, 0.2) is 0 Å². The fourth-order valence-electron chi connectivity index (χ4n) is 0.395. The molecule has 0 unspecified atom stereocenters. The molecule has 12 heavy (non-hydrogen) atoms. The summed E-state index contributed by atoms with van der Waals surface area (Å²) >= 11 is 0. The topological polar surface area (TPSA) is 35.5 Å². The van der Waals surface area contributed by atoms with Crippen molar-refractivity contribution in [2.24, 2.45) is 0 Å². The van der Waals surface area contributed by atoms with Crippen LogP contribution in [0.2, 0.25) is 0 Å². The molecule has 3 nitrogen and oxygen atoms in total. The van der Waals surface area contributed by atoms with Gasteiger partial charge in [-0.25, -0.2) is 18.0 Å². The first kappa shape index (κ1) is 11.1. The van der Waals surface area contributed by atoms with Crippen molar-refractivity contribution in [3.05, 3.63) is 0 Å². The fourth-order valence-corrected chi connectivity index (χ4v) is 0.395. The predicted molar refractivity (Wildman–Crippen MR) is 33.9 cm³/mol. The third kappa shape index (κ3) is 7.17. The van der Waals surface area contributed by atoms with E-state index in [1.165, 1.54) is 0 Å². The zero-order chi connectivity index (χ0) is 9.40. The number of halogens is 3. The first-order chi connectivity index (χ1) is 5.66. The van der Waals surface area contributed by atoms with Crippen molar-refractivity contribution in [3.8, 4) is 0 Å². The second-order valence-corrected chi connectivity index (χ2v) is 1.82. The van der Waals surface area contributed by atoms with Crippen LogP contribution in [0.15, 0.2) is 0 Å². The van der Waals surface area contributed by atoms with E-state index in [0.29, 0.717) is 0 Å². The van der Waals surface area contributed by atoms with Crippen molar-refractivity contribution in [3.63, 3.8) is 0 Å². The Hall–Kier alpha value is -0.940. The lowest BCUT2D eigenvalue weighted by Gasteiger charge is -2.03. The van der Waals surface area contributed by atoms with Gasteiger partial charge in [-0.05, 0) is 0 Å². The second kappa shape index (κ2) is 6.75. The van der Waals surface area contributed by atoms with Gasteiger partial charge < -0.3 is 9.47 Å². The first-order valence-electron chi connectivity index (χ1n) is 3.30. The van der Waals surface area contributed by atoms with Crippen LogP contribution in [0.1, 0.15) is 6.42 Å². The van der Waals surface area contributed by atoms with Crippen LogP contribution in [0.5, 0.6) is 0 Å². The van der Waals surface area contributed by atoms with Crippen molar-refractivity contribution in [2.45, 2.75) is 12.8 Å². The van der Waals surface area contributed by atoms with Crippen LogP contribution in [-0.2, 0) is 9.47 Å². The van der Waals surface area contributed by atoms with E-state index in [4.69, 9.17) is 0 Å². The van der Waals surface area contributed by atoms with E-state index < -0.39 is 38.9 Å². The molecule has 0 aromatic rings. The molecule has 0 aliphatic rings. The molecular weight excluding hydrogens is 177 g/mol. The highest BCUT2D eigenvalue weighted by molar-refractivity contribution is 5.59. The van der Waals surface area contributed by atoms with Gasteiger partial charge in [0.05, 0.1) is 0 Å². The van der Waals surface area contributed by atoms with E-state index in [-0.39, 0.29) is 0 Å². The van der Waals surface area contributed by atoms with Gasteiger partial charge >= 0.3 is 6.16 Å². The second-order valence-electron chi connectivity index (χ2n) is 1.82. The maximum Gasteiger partial charge on any atom is 0.508 e. The monoisotopic (exact) mass is 186 g/mol. The first-order valence-corrected chi connectivity index (χ1v) is 3.30. The van der Waals surface area contributed by atoms with Crippen LogP contribution in [0, 0.1) is 0 Å². The van der Waals surface area contributed by atoms with E-state index in [0.717, 1.165) is 0 Å². The summed E-state index contributed by atoms with van der Waals surface area (Å²) in [6, 6.07) is 0. The Labute approximate surface area is 67.4 Å². The van der Waals surface area contributed by atoms with E-state index in [9.17, 15) is 18.0 Å². The molecule has 0 rings (SSSR count). The number of hydrogen-bond donors (Lipinski definition) is 0. The molecule has 0 saturated heterocycles. The van der Waals surface area contributed by atoms with E-state index in [1.54, 1.807) is 0 Å². The van der Waals surface area contributed by atoms with Gasteiger partial charge in [-0.3, -0.25) is 0 Å². The Morgan fingerprint density at radius 2 is 1.83 bits per heavy atom. The van der Waals surface area contributed by atoms with Gasteiger partial charge in [-0.15, -0.1) is 0 Å². The summed E-state index contributed by atoms with van der Waals surface area (Å²) in [5.74, 6) is 0. The van der Waals surface area contributed by atoms with Crippen LogP contribution < -0.4 is 0 Å². The maximum atomic E-state index is 11.4. The molecule has 0 amide bonds. The lowest BCUT2D eigenvalue weighted by molar-refractivity contribution is 0.0350. The van der Waals surface area contributed by atoms with Crippen molar-refractivity contribution >= 4 is 6.16 Å². The third-order valence-corrected chi connectivity index (χ3v) is 0.853. The summed E-state index contributed by atoms with van der Waals surface area (Å²) in [7, 11) is 0. The highest BCUT2D eigenvalue weighted by Crippen LogP contribution is 1.99. The van der Waals surface area contributed by atoms with Crippen LogP contribution in [0.3, 0.4) is 0 Å².